The molecule has 3 aromatic heterocycles. The standard InChI is InChI=1S/C46H32N2.C42H28N2.C40H28N2/c1-4-12-33(13-5-1)35-20-25-39(26-21-35)47(40-27-22-36(23-28-40)34-14-6-2-7-15-34)41-29-31-45-44(32-41)43-30-24-37-16-10-11-19-42(37)46(43)48(45)38-17-8-3-9-18-38;1-2-15-34(16-3-1)44-41-28-37(23-25-39(41)40-24-20-31-12-8-9-17-38(31)42(40)44)43(35-21-18-29-10-4-6-13-32(29)26-35)36-22-19-30-11-5-7-14-33(30)27-36;1-4-14-29(15-5-1)31-17-12-22-34(28-31)41(32-18-6-2-7-19-32)37-24-13-25-38-39(37)36-27-26-30-16-10-11-23-35(30)40(36)42(38)33-20-8-3-9-21-33/h1-32H;1-28H;1-28H. The van der Waals surface area contributed by atoms with Crippen molar-refractivity contribution < 1.29 is 0 Å². The highest BCUT2D eigenvalue weighted by Gasteiger charge is 2.26. The zero-order chi connectivity index (χ0) is 88.8. The second-order valence-corrected chi connectivity index (χ2v) is 34.3. The van der Waals surface area contributed by atoms with E-state index >= 15 is 0 Å². The molecule has 0 radical (unpaired) electrons. The average Bonchev–Trinajstić information content (AvgIpc) is 1.57. The molecular formula is C128H88N6. The number of anilines is 9. The Labute approximate surface area is 777 Å². The molecule has 0 aliphatic rings. The van der Waals surface area contributed by atoms with E-state index in [2.05, 4.69) is 562 Å². The Hall–Kier alpha value is -17.8. The molecule has 0 saturated carbocycles. The van der Waals surface area contributed by atoms with E-state index in [0.717, 1.165) is 68.2 Å². The third-order valence-corrected chi connectivity index (χ3v) is 26.4. The van der Waals surface area contributed by atoms with Crippen molar-refractivity contribution in [3.05, 3.63) is 534 Å². The fraction of sp³-hybridized carbons (Fsp3) is 0. The van der Waals surface area contributed by atoms with Gasteiger partial charge in [0, 0.05) is 111 Å². The van der Waals surface area contributed by atoms with Gasteiger partial charge in [-0.2, -0.15) is 0 Å². The normalized spacial score (nSPS) is 11.4. The summed E-state index contributed by atoms with van der Waals surface area (Å²) in [6.07, 6.45) is 0. The van der Waals surface area contributed by atoms with Crippen molar-refractivity contribution in [1.29, 1.82) is 0 Å². The molecule has 26 rings (SSSR count). The Bertz CT molecular complexity index is 8680. The summed E-state index contributed by atoms with van der Waals surface area (Å²) in [6, 6.07) is 192. The predicted octanol–water partition coefficient (Wildman–Crippen LogP) is 35.5. The lowest BCUT2D eigenvalue weighted by molar-refractivity contribution is 1.18. The van der Waals surface area contributed by atoms with E-state index in [9.17, 15) is 0 Å². The van der Waals surface area contributed by atoms with E-state index in [1.807, 2.05) is 0 Å². The van der Waals surface area contributed by atoms with Crippen LogP contribution >= 0.6 is 0 Å². The highest BCUT2D eigenvalue weighted by Crippen LogP contribution is 2.50. The molecule has 0 saturated heterocycles. The van der Waals surface area contributed by atoms with Crippen molar-refractivity contribution in [2.24, 2.45) is 0 Å². The zero-order valence-electron chi connectivity index (χ0n) is 73.5. The maximum atomic E-state index is 2.44. The second kappa shape index (κ2) is 34.6. The number of rotatable bonds is 15. The SMILES string of the molecule is c1ccc(-c2ccc(N(c3ccc(-c4ccccc4)cc3)c3ccc4c(c3)c3ccc5ccccc5c3n4-c3ccccc3)cc2)cc1.c1ccc(-c2cccc(N(c3ccccc3)c3cccc4c3c3ccc5ccccc5c3n4-c3ccccc3)c2)cc1.c1ccc(-n2c3cc(N(c4ccc5ccccc5c4)c4ccc5ccccc5c4)ccc3c3ccc4ccccc4c32)cc1. The monoisotopic (exact) mass is 1710 g/mol. The lowest BCUT2D eigenvalue weighted by atomic mass is 10.0. The van der Waals surface area contributed by atoms with E-state index in [1.165, 1.54) is 153 Å². The van der Waals surface area contributed by atoms with E-state index in [-0.39, 0.29) is 0 Å². The fourth-order valence-electron chi connectivity index (χ4n) is 20.2. The van der Waals surface area contributed by atoms with Crippen LogP contribution in [0.5, 0.6) is 0 Å². The molecule has 23 aromatic carbocycles. The first-order valence-corrected chi connectivity index (χ1v) is 45.9. The van der Waals surface area contributed by atoms with Crippen LogP contribution in [-0.4, -0.2) is 13.7 Å². The van der Waals surface area contributed by atoms with Gasteiger partial charge in [-0.05, 0) is 223 Å². The van der Waals surface area contributed by atoms with Crippen molar-refractivity contribution in [3.63, 3.8) is 0 Å². The Morgan fingerprint density at radius 2 is 0.440 bits per heavy atom. The predicted molar refractivity (Wildman–Crippen MR) is 570 cm³/mol. The molecule has 0 amide bonds. The van der Waals surface area contributed by atoms with Crippen molar-refractivity contribution in [2.45, 2.75) is 0 Å². The van der Waals surface area contributed by atoms with Gasteiger partial charge in [0.2, 0.25) is 0 Å². The highest BCUT2D eigenvalue weighted by atomic mass is 15.2. The number of para-hydroxylation sites is 4. The van der Waals surface area contributed by atoms with E-state index < -0.39 is 0 Å². The summed E-state index contributed by atoms with van der Waals surface area (Å²) in [5.41, 5.74) is 28.1. The lowest BCUT2D eigenvalue weighted by Gasteiger charge is -2.27. The molecular weight excluding hydrogens is 1620 g/mol. The van der Waals surface area contributed by atoms with Gasteiger partial charge >= 0.3 is 0 Å². The van der Waals surface area contributed by atoms with Crippen LogP contribution in [0.15, 0.2) is 534 Å². The van der Waals surface area contributed by atoms with Crippen LogP contribution in [0.2, 0.25) is 0 Å². The van der Waals surface area contributed by atoms with Gasteiger partial charge in [0.05, 0.1) is 38.8 Å². The van der Waals surface area contributed by atoms with Gasteiger partial charge < -0.3 is 28.4 Å². The van der Waals surface area contributed by atoms with Gasteiger partial charge in [0.15, 0.2) is 0 Å². The third-order valence-electron chi connectivity index (χ3n) is 26.4. The number of benzene rings is 23. The van der Waals surface area contributed by atoms with E-state index in [4.69, 9.17) is 0 Å². The maximum Gasteiger partial charge on any atom is 0.0620 e. The summed E-state index contributed by atoms with van der Waals surface area (Å²) in [4.78, 5) is 7.16. The Morgan fingerprint density at radius 1 is 0.134 bits per heavy atom. The van der Waals surface area contributed by atoms with Gasteiger partial charge in [0.25, 0.3) is 0 Å². The molecule has 3 heterocycles. The molecule has 630 valence electrons. The minimum Gasteiger partial charge on any atom is -0.310 e. The van der Waals surface area contributed by atoms with E-state index in [0.29, 0.717) is 0 Å². The van der Waals surface area contributed by atoms with Crippen LogP contribution in [-0.2, 0) is 0 Å². The van der Waals surface area contributed by atoms with Crippen LogP contribution in [0.3, 0.4) is 0 Å². The number of hydrogen-bond donors (Lipinski definition) is 0. The summed E-state index contributed by atoms with van der Waals surface area (Å²) in [5, 5.41) is 19.8. The minimum atomic E-state index is 1.11. The summed E-state index contributed by atoms with van der Waals surface area (Å²) < 4.78 is 7.29. The van der Waals surface area contributed by atoms with Crippen LogP contribution in [0, 0.1) is 0 Å². The minimum absolute atomic E-state index is 1.11. The van der Waals surface area contributed by atoms with Crippen molar-refractivity contribution in [1.82, 2.24) is 13.7 Å². The molecule has 6 nitrogen and oxygen atoms in total. The second-order valence-electron chi connectivity index (χ2n) is 34.3. The van der Waals surface area contributed by atoms with Gasteiger partial charge in [-0.3, -0.25) is 0 Å². The molecule has 26 aromatic rings. The molecule has 0 spiro atoms. The Morgan fingerprint density at radius 3 is 0.940 bits per heavy atom. The fourth-order valence-corrected chi connectivity index (χ4v) is 20.2. The van der Waals surface area contributed by atoms with Crippen molar-refractivity contribution >= 4 is 170 Å². The molecule has 134 heavy (non-hydrogen) atoms. The van der Waals surface area contributed by atoms with Crippen molar-refractivity contribution in [2.75, 3.05) is 14.7 Å². The molecule has 0 bridgehead atoms. The van der Waals surface area contributed by atoms with Crippen LogP contribution in [0.1, 0.15) is 0 Å². The first kappa shape index (κ1) is 79.5. The number of hydrogen-bond acceptors (Lipinski definition) is 3. The quantitative estimate of drug-likeness (QED) is 0.102. The summed E-state index contributed by atoms with van der Waals surface area (Å²) >= 11 is 0. The molecule has 0 unspecified atom stereocenters. The number of aromatic nitrogens is 3. The summed E-state index contributed by atoms with van der Waals surface area (Å²) in [6.45, 7) is 0. The molecule has 0 aliphatic carbocycles. The third kappa shape index (κ3) is 14.6. The van der Waals surface area contributed by atoms with Gasteiger partial charge in [-0.25, -0.2) is 0 Å². The number of nitrogens with zero attached hydrogens (tertiary/aromatic N) is 6. The molecule has 0 aliphatic heterocycles. The van der Waals surface area contributed by atoms with Crippen molar-refractivity contribution in [3.8, 4) is 50.4 Å². The van der Waals surface area contributed by atoms with Gasteiger partial charge in [-0.15, -0.1) is 0 Å². The van der Waals surface area contributed by atoms with Gasteiger partial charge in [0.1, 0.15) is 0 Å². The van der Waals surface area contributed by atoms with Gasteiger partial charge in [-0.1, -0.05) is 382 Å². The Kier molecular flexibility index (Phi) is 20.6. The largest absolute Gasteiger partial charge is 0.310 e. The summed E-state index contributed by atoms with van der Waals surface area (Å²) in [7, 11) is 0. The average molecular weight is 1710 g/mol. The summed E-state index contributed by atoms with van der Waals surface area (Å²) in [5.74, 6) is 0. The molecule has 0 fully saturated rings. The lowest BCUT2D eigenvalue weighted by Crippen LogP contribution is -2.10. The Balaban J connectivity index is 0.000000111. The van der Waals surface area contributed by atoms with Crippen LogP contribution < -0.4 is 14.7 Å². The topological polar surface area (TPSA) is 24.5 Å². The first-order chi connectivity index (χ1) is 66.5. The molecule has 0 N–H and O–H groups in total. The van der Waals surface area contributed by atoms with Crippen LogP contribution in [0.25, 0.3) is 170 Å². The zero-order valence-corrected chi connectivity index (χ0v) is 73.5. The highest BCUT2D eigenvalue weighted by molar-refractivity contribution is 6.24. The van der Waals surface area contributed by atoms with Crippen LogP contribution in [0.4, 0.5) is 51.2 Å². The number of fused-ring (bicyclic) bond motifs is 17. The smallest absolute Gasteiger partial charge is 0.0620 e. The first-order valence-electron chi connectivity index (χ1n) is 45.9. The molecule has 0 atom stereocenters. The maximum absolute atomic E-state index is 2.44. The van der Waals surface area contributed by atoms with E-state index in [1.54, 1.807) is 0 Å². The molecule has 6 heteroatoms.